The predicted octanol–water partition coefficient (Wildman–Crippen LogP) is 4.62. The van der Waals surface area contributed by atoms with E-state index in [1.807, 2.05) is 11.4 Å². The molecule has 1 N–H and O–H groups in total. The van der Waals surface area contributed by atoms with Gasteiger partial charge in [-0.15, -0.1) is 11.3 Å². The number of hydrogen-bond donors (Lipinski definition) is 1. The Labute approximate surface area is 153 Å². The van der Waals surface area contributed by atoms with E-state index in [1.165, 1.54) is 22.6 Å². The molecule has 1 aromatic heterocycles. The van der Waals surface area contributed by atoms with Gasteiger partial charge < -0.3 is 4.90 Å². The maximum absolute atomic E-state index is 11.9. The lowest BCUT2D eigenvalue weighted by Gasteiger charge is -2.47. The van der Waals surface area contributed by atoms with Crippen molar-refractivity contribution in [3.05, 3.63) is 51.7 Å². The highest BCUT2D eigenvalue weighted by atomic mass is 32.1. The second-order valence-corrected chi connectivity index (χ2v) is 8.10. The summed E-state index contributed by atoms with van der Waals surface area (Å²) in [6.07, 6.45) is 2.85. The summed E-state index contributed by atoms with van der Waals surface area (Å²) < 4.78 is 0. The van der Waals surface area contributed by atoms with Gasteiger partial charge in [-0.05, 0) is 67.8 Å². The number of hydrogen-bond acceptors (Lipinski definition) is 4. The summed E-state index contributed by atoms with van der Waals surface area (Å²) in [6.45, 7) is 10.1. The molecule has 4 nitrogen and oxygen atoms in total. The Morgan fingerprint density at radius 2 is 2.24 bits per heavy atom. The molecule has 0 aliphatic carbocycles. The van der Waals surface area contributed by atoms with E-state index in [2.05, 4.69) is 61.3 Å². The van der Waals surface area contributed by atoms with Crippen LogP contribution in [0.5, 0.6) is 0 Å². The second kappa shape index (κ2) is 7.00. The van der Waals surface area contributed by atoms with Crippen LogP contribution in [-0.2, 0) is 0 Å². The first kappa shape index (κ1) is 17.7. The number of benzene rings is 1. The number of carbonyl (C=O) groups excluding carboxylic acids is 1. The van der Waals surface area contributed by atoms with Gasteiger partial charge in [0.1, 0.15) is 0 Å². The summed E-state index contributed by atoms with van der Waals surface area (Å²) in [5.41, 5.74) is 6.44. The molecule has 0 spiro atoms. The third kappa shape index (κ3) is 3.61. The van der Waals surface area contributed by atoms with Crippen molar-refractivity contribution in [1.29, 1.82) is 0 Å². The van der Waals surface area contributed by atoms with Gasteiger partial charge in [0.05, 0.1) is 11.1 Å². The topological polar surface area (TPSA) is 44.7 Å². The number of rotatable bonds is 4. The van der Waals surface area contributed by atoms with Gasteiger partial charge in [-0.1, -0.05) is 19.1 Å². The minimum absolute atomic E-state index is 0.170. The molecule has 5 heteroatoms. The van der Waals surface area contributed by atoms with E-state index in [0.29, 0.717) is 10.8 Å². The SMILES string of the molecule is CCN1c2ccc(/C=N/NC(=O)c3cccs3)cc2[C@@H](C)CC1(C)C. The highest BCUT2D eigenvalue weighted by Crippen LogP contribution is 2.43. The molecular weight excluding hydrogens is 330 g/mol. The zero-order valence-corrected chi connectivity index (χ0v) is 16.1. The van der Waals surface area contributed by atoms with Crippen LogP contribution in [0.1, 0.15) is 60.8 Å². The zero-order chi connectivity index (χ0) is 18.0. The van der Waals surface area contributed by atoms with Crippen molar-refractivity contribution >= 4 is 29.1 Å². The smallest absolute Gasteiger partial charge is 0.281 e. The molecule has 2 aromatic rings. The number of carbonyl (C=O) groups is 1. The minimum Gasteiger partial charge on any atom is -0.366 e. The van der Waals surface area contributed by atoms with Crippen LogP contribution in [0.25, 0.3) is 0 Å². The first-order valence-corrected chi connectivity index (χ1v) is 9.59. The summed E-state index contributed by atoms with van der Waals surface area (Å²) in [5, 5.41) is 5.99. The molecule has 0 radical (unpaired) electrons. The van der Waals surface area contributed by atoms with E-state index < -0.39 is 0 Å². The lowest BCUT2D eigenvalue weighted by molar-refractivity contribution is 0.0959. The van der Waals surface area contributed by atoms with E-state index in [9.17, 15) is 4.79 Å². The lowest BCUT2D eigenvalue weighted by atomic mass is 9.79. The van der Waals surface area contributed by atoms with Crippen molar-refractivity contribution in [2.45, 2.75) is 45.6 Å². The van der Waals surface area contributed by atoms with Crippen LogP contribution < -0.4 is 10.3 Å². The molecule has 25 heavy (non-hydrogen) atoms. The summed E-state index contributed by atoms with van der Waals surface area (Å²) in [4.78, 5) is 15.1. The molecule has 1 aromatic carbocycles. The molecule has 1 atom stereocenters. The first-order chi connectivity index (χ1) is 11.9. The van der Waals surface area contributed by atoms with E-state index in [4.69, 9.17) is 0 Å². The molecule has 2 heterocycles. The summed E-state index contributed by atoms with van der Waals surface area (Å²) >= 11 is 1.41. The first-order valence-electron chi connectivity index (χ1n) is 8.71. The molecule has 1 aliphatic rings. The lowest BCUT2D eigenvalue weighted by Crippen LogP contribution is -2.48. The van der Waals surface area contributed by atoms with Crippen molar-refractivity contribution in [2.75, 3.05) is 11.4 Å². The number of hydrazone groups is 1. The maximum atomic E-state index is 11.9. The van der Waals surface area contributed by atoms with Crippen LogP contribution in [0.15, 0.2) is 40.8 Å². The van der Waals surface area contributed by atoms with Gasteiger partial charge in [-0.2, -0.15) is 5.10 Å². The number of fused-ring (bicyclic) bond motifs is 1. The highest BCUT2D eigenvalue weighted by molar-refractivity contribution is 7.12. The van der Waals surface area contributed by atoms with E-state index in [0.717, 1.165) is 18.5 Å². The quantitative estimate of drug-likeness (QED) is 0.642. The van der Waals surface area contributed by atoms with Crippen molar-refractivity contribution in [3.8, 4) is 0 Å². The fourth-order valence-electron chi connectivity index (χ4n) is 3.82. The Balaban J connectivity index is 1.78. The van der Waals surface area contributed by atoms with Gasteiger partial charge in [0.2, 0.25) is 0 Å². The molecule has 132 valence electrons. The fraction of sp³-hybridized carbons (Fsp3) is 0.400. The number of nitrogens with one attached hydrogen (secondary N) is 1. The molecule has 3 rings (SSSR count). The summed E-state index contributed by atoms with van der Waals surface area (Å²) in [7, 11) is 0. The van der Waals surface area contributed by atoms with E-state index in [1.54, 1.807) is 12.3 Å². The minimum atomic E-state index is -0.170. The van der Waals surface area contributed by atoms with Crippen LogP contribution in [0.2, 0.25) is 0 Å². The second-order valence-electron chi connectivity index (χ2n) is 7.16. The van der Waals surface area contributed by atoms with Crippen molar-refractivity contribution in [1.82, 2.24) is 5.43 Å². The summed E-state index contributed by atoms with van der Waals surface area (Å²) in [5.74, 6) is 0.332. The Hall–Kier alpha value is -2.14. The van der Waals surface area contributed by atoms with Crippen LogP contribution >= 0.6 is 11.3 Å². The average Bonchev–Trinajstić information content (AvgIpc) is 3.09. The van der Waals surface area contributed by atoms with Gasteiger partial charge in [0.15, 0.2) is 0 Å². The third-order valence-electron chi connectivity index (χ3n) is 4.85. The van der Waals surface area contributed by atoms with Crippen molar-refractivity contribution < 1.29 is 4.79 Å². The average molecular weight is 356 g/mol. The van der Waals surface area contributed by atoms with E-state index in [-0.39, 0.29) is 11.4 Å². The number of anilines is 1. The van der Waals surface area contributed by atoms with Gasteiger partial charge in [-0.25, -0.2) is 5.43 Å². The van der Waals surface area contributed by atoms with Crippen LogP contribution in [0.3, 0.4) is 0 Å². The Morgan fingerprint density at radius 3 is 2.92 bits per heavy atom. The van der Waals surface area contributed by atoms with Crippen LogP contribution in [0.4, 0.5) is 5.69 Å². The monoisotopic (exact) mass is 355 g/mol. The molecule has 0 fully saturated rings. The van der Waals surface area contributed by atoms with Gasteiger partial charge in [0.25, 0.3) is 5.91 Å². The molecule has 0 saturated heterocycles. The molecular formula is C20H25N3OS. The van der Waals surface area contributed by atoms with Gasteiger partial charge >= 0.3 is 0 Å². The highest BCUT2D eigenvalue weighted by Gasteiger charge is 2.35. The van der Waals surface area contributed by atoms with Crippen molar-refractivity contribution in [2.24, 2.45) is 5.10 Å². The Kier molecular flexibility index (Phi) is 4.95. The maximum Gasteiger partial charge on any atom is 0.281 e. The Morgan fingerprint density at radius 1 is 1.44 bits per heavy atom. The van der Waals surface area contributed by atoms with Gasteiger partial charge in [0, 0.05) is 17.8 Å². The normalized spacial score (nSPS) is 19.0. The van der Waals surface area contributed by atoms with Crippen LogP contribution in [0, 0.1) is 0 Å². The molecule has 1 amide bonds. The number of amides is 1. The molecule has 0 bridgehead atoms. The molecule has 0 unspecified atom stereocenters. The number of thiophene rings is 1. The Bertz CT molecular complexity index is 780. The predicted molar refractivity (Wildman–Crippen MR) is 106 cm³/mol. The third-order valence-corrected chi connectivity index (χ3v) is 5.72. The molecule has 0 saturated carbocycles. The van der Waals surface area contributed by atoms with Gasteiger partial charge in [-0.3, -0.25) is 4.79 Å². The molecule has 1 aliphatic heterocycles. The summed E-state index contributed by atoms with van der Waals surface area (Å²) in [6, 6.07) is 10.1. The van der Waals surface area contributed by atoms with E-state index >= 15 is 0 Å². The fourth-order valence-corrected chi connectivity index (χ4v) is 4.43. The van der Waals surface area contributed by atoms with Crippen molar-refractivity contribution in [3.63, 3.8) is 0 Å². The largest absolute Gasteiger partial charge is 0.366 e. The zero-order valence-electron chi connectivity index (χ0n) is 15.2. The van der Waals surface area contributed by atoms with Crippen LogP contribution in [-0.4, -0.2) is 24.2 Å². The number of nitrogens with zero attached hydrogens (tertiary/aromatic N) is 2. The standard InChI is InChI=1S/C20H25N3OS/c1-5-23-17-9-8-15(11-16(17)14(2)12-20(23,3)4)13-21-22-19(24)18-7-6-10-25-18/h6-11,13-14H,5,12H2,1-4H3,(H,22,24)/b21-13+/t14-/m0/s1.